The Labute approximate surface area is 165 Å². The fraction of sp³-hybridized carbons (Fsp3) is 0.684. The van der Waals surface area contributed by atoms with Crippen LogP contribution < -0.4 is 15.0 Å². The highest BCUT2D eigenvalue weighted by Gasteiger charge is 2.52. The van der Waals surface area contributed by atoms with Crippen molar-refractivity contribution in [1.29, 1.82) is 0 Å². The molecule has 3 heterocycles. The minimum Gasteiger partial charge on any atom is -0.481 e. The molecule has 9 heteroatoms. The second kappa shape index (κ2) is 7.54. The Morgan fingerprint density at radius 1 is 1.21 bits per heavy atom. The van der Waals surface area contributed by atoms with Crippen molar-refractivity contribution in [2.75, 3.05) is 44.9 Å². The fourth-order valence-electron chi connectivity index (χ4n) is 4.29. The van der Waals surface area contributed by atoms with E-state index in [0.29, 0.717) is 24.4 Å². The molecule has 2 aliphatic heterocycles. The first-order chi connectivity index (χ1) is 13.5. The number of urea groups is 1. The largest absolute Gasteiger partial charge is 0.481 e. The smallest absolute Gasteiger partial charge is 0.326 e. The molecule has 0 bridgehead atoms. The van der Waals surface area contributed by atoms with Gasteiger partial charge in [-0.15, -0.1) is 0 Å². The number of amides is 3. The Balaban J connectivity index is 1.34. The van der Waals surface area contributed by atoms with Crippen molar-refractivity contribution < 1.29 is 14.3 Å². The van der Waals surface area contributed by atoms with Crippen molar-refractivity contribution >= 4 is 17.9 Å². The molecule has 0 radical (unpaired) electrons. The van der Waals surface area contributed by atoms with Crippen molar-refractivity contribution in [2.24, 2.45) is 5.92 Å². The van der Waals surface area contributed by atoms with E-state index in [2.05, 4.69) is 32.0 Å². The van der Waals surface area contributed by atoms with Crippen molar-refractivity contribution in [3.8, 4) is 5.88 Å². The molecule has 152 valence electrons. The van der Waals surface area contributed by atoms with Crippen LogP contribution in [-0.4, -0.2) is 77.2 Å². The Morgan fingerprint density at radius 2 is 1.93 bits per heavy atom. The molecule has 3 amide bonds. The van der Waals surface area contributed by atoms with Crippen molar-refractivity contribution in [3.05, 3.63) is 12.3 Å². The van der Waals surface area contributed by atoms with Gasteiger partial charge in [-0.2, -0.15) is 4.98 Å². The van der Waals surface area contributed by atoms with E-state index in [4.69, 9.17) is 4.74 Å². The summed E-state index contributed by atoms with van der Waals surface area (Å²) < 4.78 is 5.16. The average molecular weight is 388 g/mol. The number of ether oxygens (including phenoxy) is 1. The van der Waals surface area contributed by atoms with E-state index in [9.17, 15) is 9.59 Å². The predicted octanol–water partition coefficient (Wildman–Crippen LogP) is 1.07. The van der Waals surface area contributed by atoms with Gasteiger partial charge in [-0.1, -0.05) is 6.92 Å². The molecule has 1 saturated carbocycles. The number of carbonyl (C=O) groups is 2. The SMILES string of the molecule is COc1ccnc(N2CCN(CN3C(=O)NC4(CCC(C)CC4)C3=O)CC2)n1. The number of carbonyl (C=O) groups excluding carboxylic acids is 2. The molecule has 28 heavy (non-hydrogen) atoms. The van der Waals surface area contributed by atoms with Gasteiger partial charge in [-0.05, 0) is 31.6 Å². The van der Waals surface area contributed by atoms with Gasteiger partial charge < -0.3 is 15.0 Å². The van der Waals surface area contributed by atoms with Crippen LogP contribution in [-0.2, 0) is 4.79 Å². The third kappa shape index (κ3) is 3.50. The lowest BCUT2D eigenvalue weighted by Crippen LogP contribution is -2.53. The van der Waals surface area contributed by atoms with Gasteiger partial charge in [-0.3, -0.25) is 9.69 Å². The number of anilines is 1. The maximum Gasteiger partial charge on any atom is 0.326 e. The Morgan fingerprint density at radius 3 is 2.61 bits per heavy atom. The summed E-state index contributed by atoms with van der Waals surface area (Å²) in [6.45, 7) is 5.49. The molecule has 1 spiro atoms. The summed E-state index contributed by atoms with van der Waals surface area (Å²) in [6, 6.07) is 1.47. The summed E-state index contributed by atoms with van der Waals surface area (Å²) >= 11 is 0. The van der Waals surface area contributed by atoms with Crippen LogP contribution in [0.25, 0.3) is 0 Å². The molecule has 4 rings (SSSR count). The Kier molecular flexibility index (Phi) is 5.09. The van der Waals surface area contributed by atoms with Crippen molar-refractivity contribution in [2.45, 2.75) is 38.1 Å². The van der Waals surface area contributed by atoms with Crippen LogP contribution in [0.3, 0.4) is 0 Å². The van der Waals surface area contributed by atoms with E-state index in [-0.39, 0.29) is 11.9 Å². The van der Waals surface area contributed by atoms with E-state index in [0.717, 1.165) is 51.9 Å². The third-order valence-electron chi connectivity index (χ3n) is 6.20. The molecule has 0 aromatic carbocycles. The highest BCUT2D eigenvalue weighted by atomic mass is 16.5. The summed E-state index contributed by atoms with van der Waals surface area (Å²) in [5.74, 6) is 1.75. The number of piperazine rings is 1. The molecule has 3 fully saturated rings. The first-order valence-corrected chi connectivity index (χ1v) is 9.99. The van der Waals surface area contributed by atoms with E-state index in [1.807, 2.05) is 0 Å². The molecule has 2 saturated heterocycles. The maximum absolute atomic E-state index is 13.0. The molecule has 3 aliphatic rings. The van der Waals surface area contributed by atoms with Gasteiger partial charge in [0.2, 0.25) is 11.8 Å². The second-order valence-corrected chi connectivity index (χ2v) is 8.07. The van der Waals surface area contributed by atoms with Crippen LogP contribution in [0.1, 0.15) is 32.6 Å². The van der Waals surface area contributed by atoms with Crippen LogP contribution in [0.4, 0.5) is 10.7 Å². The van der Waals surface area contributed by atoms with Gasteiger partial charge in [0.25, 0.3) is 5.91 Å². The molecule has 0 unspecified atom stereocenters. The molecule has 1 aromatic heterocycles. The number of aromatic nitrogens is 2. The Hall–Kier alpha value is -2.42. The topological polar surface area (TPSA) is 90.9 Å². The van der Waals surface area contributed by atoms with Gasteiger partial charge in [-0.25, -0.2) is 14.7 Å². The molecular weight excluding hydrogens is 360 g/mol. The fourth-order valence-corrected chi connectivity index (χ4v) is 4.29. The zero-order valence-corrected chi connectivity index (χ0v) is 16.6. The number of nitrogens with one attached hydrogen (secondary N) is 1. The lowest BCUT2D eigenvalue weighted by molar-refractivity contribution is -0.134. The van der Waals surface area contributed by atoms with Crippen LogP contribution in [0.2, 0.25) is 0 Å². The maximum atomic E-state index is 13.0. The standard InChI is InChI=1S/C19H28N6O3/c1-14-3-6-19(7-4-14)16(26)25(18(27)22-19)13-23-9-11-24(12-10-23)17-20-8-5-15(21-17)28-2/h5,8,14H,3-4,6-7,9-13H2,1-2H3,(H,22,27). The van der Waals surface area contributed by atoms with Crippen LogP contribution in [0.5, 0.6) is 5.88 Å². The number of hydrogen-bond acceptors (Lipinski definition) is 7. The highest BCUT2D eigenvalue weighted by Crippen LogP contribution is 2.36. The summed E-state index contributed by atoms with van der Waals surface area (Å²) in [5, 5.41) is 2.99. The molecular formula is C19H28N6O3. The molecule has 1 aromatic rings. The quantitative estimate of drug-likeness (QED) is 0.772. The minimum absolute atomic E-state index is 0.0528. The molecule has 1 N–H and O–H groups in total. The van der Waals surface area contributed by atoms with Crippen LogP contribution in [0, 0.1) is 5.92 Å². The monoisotopic (exact) mass is 388 g/mol. The first kappa shape index (κ1) is 18.9. The van der Waals surface area contributed by atoms with Gasteiger partial charge in [0.1, 0.15) is 5.54 Å². The van der Waals surface area contributed by atoms with Gasteiger partial charge in [0, 0.05) is 38.4 Å². The zero-order valence-electron chi connectivity index (χ0n) is 16.6. The lowest BCUT2D eigenvalue weighted by atomic mass is 9.77. The van der Waals surface area contributed by atoms with Crippen LogP contribution >= 0.6 is 0 Å². The number of nitrogens with zero attached hydrogens (tertiary/aromatic N) is 5. The van der Waals surface area contributed by atoms with Gasteiger partial charge in [0.15, 0.2) is 0 Å². The predicted molar refractivity (Wildman–Crippen MR) is 103 cm³/mol. The molecule has 9 nitrogen and oxygen atoms in total. The average Bonchev–Trinajstić information content (AvgIpc) is 2.95. The van der Waals surface area contributed by atoms with E-state index in [1.165, 1.54) is 4.90 Å². The number of imide groups is 1. The summed E-state index contributed by atoms with van der Waals surface area (Å²) in [7, 11) is 1.59. The van der Waals surface area contributed by atoms with Crippen molar-refractivity contribution in [1.82, 2.24) is 25.1 Å². The molecule has 1 aliphatic carbocycles. The van der Waals surface area contributed by atoms with E-state index >= 15 is 0 Å². The van der Waals surface area contributed by atoms with E-state index in [1.54, 1.807) is 19.4 Å². The number of rotatable bonds is 4. The first-order valence-electron chi connectivity index (χ1n) is 9.99. The highest BCUT2D eigenvalue weighted by molar-refractivity contribution is 6.07. The second-order valence-electron chi connectivity index (χ2n) is 8.07. The molecule has 0 atom stereocenters. The van der Waals surface area contributed by atoms with Crippen LogP contribution in [0.15, 0.2) is 12.3 Å². The van der Waals surface area contributed by atoms with Gasteiger partial charge in [0.05, 0.1) is 13.8 Å². The minimum atomic E-state index is -0.667. The Bertz CT molecular complexity index is 741. The summed E-state index contributed by atoms with van der Waals surface area (Å²) in [4.78, 5) is 39.8. The normalized spacial score (nSPS) is 28.7. The summed E-state index contributed by atoms with van der Waals surface area (Å²) in [5.41, 5.74) is -0.667. The third-order valence-corrected chi connectivity index (χ3v) is 6.20. The van der Waals surface area contributed by atoms with Gasteiger partial charge >= 0.3 is 6.03 Å². The number of methoxy groups -OCH3 is 1. The lowest BCUT2D eigenvalue weighted by Gasteiger charge is -2.36. The van der Waals surface area contributed by atoms with E-state index < -0.39 is 5.54 Å². The number of hydrogen-bond donors (Lipinski definition) is 1. The summed E-state index contributed by atoms with van der Waals surface area (Å²) in [6.07, 6.45) is 5.15. The zero-order chi connectivity index (χ0) is 19.7. The van der Waals surface area contributed by atoms with Crippen molar-refractivity contribution in [3.63, 3.8) is 0 Å².